The Bertz CT molecular complexity index is 507. The second-order valence-corrected chi connectivity index (χ2v) is 5.35. The number of carbonyl (C=O) groups is 1. The van der Waals surface area contributed by atoms with Crippen LogP contribution in [0.4, 0.5) is 0 Å². The highest BCUT2D eigenvalue weighted by atomic mass is 35.5. The van der Waals surface area contributed by atoms with Crippen LogP contribution in [0.1, 0.15) is 5.56 Å². The van der Waals surface area contributed by atoms with Crippen molar-refractivity contribution in [1.82, 2.24) is 9.96 Å². The Labute approximate surface area is 117 Å². The maximum atomic E-state index is 12.1. The number of rotatable bonds is 5. The van der Waals surface area contributed by atoms with Crippen LogP contribution in [0.3, 0.4) is 0 Å². The molecule has 0 saturated carbocycles. The van der Waals surface area contributed by atoms with Gasteiger partial charge in [-0.2, -0.15) is 0 Å². The van der Waals surface area contributed by atoms with Crippen LogP contribution in [0.25, 0.3) is 0 Å². The number of halogens is 1. The maximum Gasteiger partial charge on any atom is 0.262 e. The van der Waals surface area contributed by atoms with Crippen molar-refractivity contribution in [1.29, 1.82) is 0 Å². The molecule has 3 atom stereocenters. The Morgan fingerprint density at radius 1 is 1.47 bits per heavy atom. The molecule has 2 heterocycles. The van der Waals surface area contributed by atoms with Gasteiger partial charge in [0.1, 0.15) is 0 Å². The van der Waals surface area contributed by atoms with Gasteiger partial charge in [0.15, 0.2) is 0 Å². The van der Waals surface area contributed by atoms with E-state index in [4.69, 9.17) is 16.4 Å². The summed E-state index contributed by atoms with van der Waals surface area (Å²) in [4.78, 5) is 18.5. The zero-order chi connectivity index (χ0) is 13.5. The van der Waals surface area contributed by atoms with E-state index in [1.807, 2.05) is 30.3 Å². The van der Waals surface area contributed by atoms with Gasteiger partial charge in [0, 0.05) is 13.1 Å². The second kappa shape index (κ2) is 4.63. The summed E-state index contributed by atoms with van der Waals surface area (Å²) in [5.74, 6) is -0.0906. The molecule has 0 bridgehead atoms. The number of hydroxylamine groups is 2. The smallest absolute Gasteiger partial charge is 0.262 e. The largest absolute Gasteiger partial charge is 0.334 e. The molecule has 3 rings (SSSR count). The van der Waals surface area contributed by atoms with Crippen LogP contribution in [0, 0.1) is 0 Å². The molecular weight excluding hydrogens is 264 g/mol. The third-order valence-electron chi connectivity index (χ3n) is 3.52. The molecule has 3 unspecified atom stereocenters. The molecule has 2 saturated heterocycles. The number of nitrogens with zero attached hydrogens (tertiary/aromatic N) is 2. The fourth-order valence-electron chi connectivity index (χ4n) is 2.46. The zero-order valence-corrected chi connectivity index (χ0v) is 11.2. The second-order valence-electron chi connectivity index (χ2n) is 4.77. The number of hydrogen-bond donors (Lipinski definition) is 0. The highest BCUT2D eigenvalue weighted by molar-refractivity contribution is 6.38. The van der Waals surface area contributed by atoms with Crippen molar-refractivity contribution in [2.45, 2.75) is 17.6 Å². The predicted molar refractivity (Wildman–Crippen MR) is 72.2 cm³/mol. The van der Waals surface area contributed by atoms with Crippen LogP contribution in [-0.2, 0) is 16.2 Å². The molecule has 4 nitrogen and oxygen atoms in total. The standard InChI is InChI=1S/C14H15ClN2O2/c1-2-8-16-9-12-14(15,13(16)18)17(12)19-10-11-6-4-3-5-7-11/h2-7,12H,1,8-10H2. The molecule has 1 amide bonds. The van der Waals surface area contributed by atoms with E-state index in [1.165, 1.54) is 0 Å². The van der Waals surface area contributed by atoms with E-state index in [9.17, 15) is 4.79 Å². The van der Waals surface area contributed by atoms with Gasteiger partial charge in [-0.25, -0.2) is 0 Å². The van der Waals surface area contributed by atoms with Crippen molar-refractivity contribution in [2.24, 2.45) is 0 Å². The summed E-state index contributed by atoms with van der Waals surface area (Å²) < 4.78 is 0. The van der Waals surface area contributed by atoms with Crippen molar-refractivity contribution in [3.05, 3.63) is 48.6 Å². The molecule has 2 fully saturated rings. The Hall–Kier alpha value is -1.36. The first-order valence-electron chi connectivity index (χ1n) is 6.23. The first-order valence-corrected chi connectivity index (χ1v) is 6.61. The molecule has 1 aromatic carbocycles. The Kier molecular flexibility index (Phi) is 3.09. The normalized spacial score (nSPS) is 32.3. The Morgan fingerprint density at radius 2 is 2.21 bits per heavy atom. The predicted octanol–water partition coefficient (Wildman–Crippen LogP) is 1.77. The van der Waals surface area contributed by atoms with Gasteiger partial charge in [0.05, 0.1) is 12.6 Å². The number of amides is 1. The summed E-state index contributed by atoms with van der Waals surface area (Å²) in [5.41, 5.74) is 1.06. The van der Waals surface area contributed by atoms with Gasteiger partial charge in [-0.1, -0.05) is 48.0 Å². The molecule has 0 aromatic heterocycles. The van der Waals surface area contributed by atoms with Gasteiger partial charge >= 0.3 is 0 Å². The van der Waals surface area contributed by atoms with Crippen molar-refractivity contribution in [3.8, 4) is 0 Å². The van der Waals surface area contributed by atoms with Crippen LogP contribution < -0.4 is 0 Å². The Balaban J connectivity index is 1.59. The number of alkyl halides is 1. The molecule has 0 aliphatic carbocycles. The minimum atomic E-state index is -0.988. The summed E-state index contributed by atoms with van der Waals surface area (Å²) in [6.07, 6.45) is 1.71. The summed E-state index contributed by atoms with van der Waals surface area (Å²) in [6, 6.07) is 9.77. The van der Waals surface area contributed by atoms with E-state index in [2.05, 4.69) is 6.58 Å². The van der Waals surface area contributed by atoms with E-state index in [0.717, 1.165) is 5.56 Å². The minimum Gasteiger partial charge on any atom is -0.334 e. The quantitative estimate of drug-likeness (QED) is 0.356. The van der Waals surface area contributed by atoms with Crippen molar-refractivity contribution in [2.75, 3.05) is 13.1 Å². The van der Waals surface area contributed by atoms with Crippen molar-refractivity contribution in [3.63, 3.8) is 0 Å². The fraction of sp³-hybridized carbons (Fsp3) is 0.357. The van der Waals surface area contributed by atoms with Gasteiger partial charge in [0.25, 0.3) is 5.91 Å². The highest BCUT2D eigenvalue weighted by Gasteiger charge is 2.74. The van der Waals surface area contributed by atoms with E-state index < -0.39 is 5.00 Å². The third-order valence-corrected chi connectivity index (χ3v) is 4.10. The Morgan fingerprint density at radius 3 is 2.79 bits per heavy atom. The SMILES string of the molecule is C=CCN1CC2N(OCc3ccccc3)C2(Cl)C1=O. The molecule has 0 radical (unpaired) electrons. The van der Waals surface area contributed by atoms with Crippen molar-refractivity contribution >= 4 is 17.5 Å². The van der Waals surface area contributed by atoms with Gasteiger partial charge < -0.3 is 4.90 Å². The topological polar surface area (TPSA) is 32.5 Å². The molecule has 0 spiro atoms. The number of piperazine rings is 1. The third kappa shape index (κ3) is 1.96. The lowest BCUT2D eigenvalue weighted by Crippen LogP contribution is -2.37. The zero-order valence-electron chi connectivity index (χ0n) is 10.5. The monoisotopic (exact) mass is 278 g/mol. The van der Waals surface area contributed by atoms with E-state index >= 15 is 0 Å². The molecule has 5 heteroatoms. The fourth-order valence-corrected chi connectivity index (χ4v) is 2.85. The molecule has 1 aromatic rings. The van der Waals surface area contributed by atoms with Crippen LogP contribution >= 0.6 is 11.6 Å². The number of fused-ring (bicyclic) bond motifs is 1. The van der Waals surface area contributed by atoms with Crippen LogP contribution in [0.5, 0.6) is 0 Å². The average Bonchev–Trinajstić information content (AvgIpc) is 2.92. The maximum absolute atomic E-state index is 12.1. The molecular formula is C14H15ClN2O2. The summed E-state index contributed by atoms with van der Waals surface area (Å²) >= 11 is 6.33. The van der Waals surface area contributed by atoms with E-state index in [1.54, 1.807) is 16.0 Å². The van der Waals surface area contributed by atoms with E-state index in [-0.39, 0.29) is 11.9 Å². The van der Waals surface area contributed by atoms with E-state index in [0.29, 0.717) is 19.7 Å². The van der Waals surface area contributed by atoms with Gasteiger partial charge in [-0.05, 0) is 5.56 Å². The molecule has 100 valence electrons. The van der Waals surface area contributed by atoms with Crippen molar-refractivity contribution < 1.29 is 9.63 Å². The van der Waals surface area contributed by atoms with Gasteiger partial charge in [-0.3, -0.25) is 9.63 Å². The first-order chi connectivity index (χ1) is 9.17. The lowest BCUT2D eigenvalue weighted by Gasteiger charge is -2.20. The van der Waals surface area contributed by atoms with Crippen LogP contribution in [0.15, 0.2) is 43.0 Å². The molecule has 19 heavy (non-hydrogen) atoms. The highest BCUT2D eigenvalue weighted by Crippen LogP contribution is 2.51. The minimum absolute atomic E-state index is 0.0506. The number of hydrogen-bond acceptors (Lipinski definition) is 3. The molecule has 2 aliphatic heterocycles. The summed E-state index contributed by atoms with van der Waals surface area (Å²) in [5, 5.41) is 1.60. The van der Waals surface area contributed by atoms with Crippen LogP contribution in [0.2, 0.25) is 0 Å². The number of carbonyl (C=O) groups excluding carboxylic acids is 1. The lowest BCUT2D eigenvalue weighted by molar-refractivity contribution is -0.148. The van der Waals surface area contributed by atoms with Gasteiger partial charge in [-0.15, -0.1) is 11.6 Å². The average molecular weight is 279 g/mol. The summed E-state index contributed by atoms with van der Waals surface area (Å²) in [7, 11) is 0. The van der Waals surface area contributed by atoms with Gasteiger partial charge in [0.2, 0.25) is 5.00 Å². The number of likely N-dealkylation sites (tertiary alicyclic amines) is 1. The summed E-state index contributed by atoms with van der Waals surface area (Å²) in [6.45, 7) is 5.20. The van der Waals surface area contributed by atoms with Crippen LogP contribution in [-0.4, -0.2) is 40.0 Å². The number of benzene rings is 1. The lowest BCUT2D eigenvalue weighted by atomic mass is 10.2. The molecule has 0 N–H and O–H groups in total. The first kappa shape index (κ1) is 12.7. The molecule has 2 aliphatic rings.